The highest BCUT2D eigenvalue weighted by Crippen LogP contribution is 2.26. The van der Waals surface area contributed by atoms with Crippen LogP contribution in [0.4, 0.5) is 0 Å². The fraction of sp³-hybridized carbons (Fsp3) is 0.636. The van der Waals surface area contributed by atoms with Gasteiger partial charge in [-0.1, -0.05) is 6.92 Å². The number of methoxy groups -OCH3 is 1. The van der Waals surface area contributed by atoms with Crippen molar-refractivity contribution in [3.63, 3.8) is 0 Å². The lowest BCUT2D eigenvalue weighted by Gasteiger charge is -2.22. The third kappa shape index (κ3) is 3.06. The van der Waals surface area contributed by atoms with E-state index in [0.717, 1.165) is 24.4 Å². The summed E-state index contributed by atoms with van der Waals surface area (Å²) in [6.07, 6.45) is 2.66. The van der Waals surface area contributed by atoms with E-state index in [9.17, 15) is 0 Å². The van der Waals surface area contributed by atoms with E-state index in [4.69, 9.17) is 15.0 Å². The van der Waals surface area contributed by atoms with Crippen LogP contribution in [-0.4, -0.2) is 13.7 Å². The van der Waals surface area contributed by atoms with Gasteiger partial charge in [0.2, 0.25) is 0 Å². The maximum Gasteiger partial charge on any atom is 0.105 e. The molecule has 0 aliphatic heterocycles. The lowest BCUT2D eigenvalue weighted by Crippen LogP contribution is -2.33. The molecule has 1 aromatic heterocycles. The van der Waals surface area contributed by atoms with Crippen LogP contribution in [0.2, 0.25) is 0 Å². The van der Waals surface area contributed by atoms with Gasteiger partial charge in [0.25, 0.3) is 0 Å². The van der Waals surface area contributed by atoms with Gasteiger partial charge in [-0.3, -0.25) is 11.3 Å². The molecule has 0 saturated heterocycles. The Morgan fingerprint density at radius 3 is 2.80 bits per heavy atom. The van der Waals surface area contributed by atoms with Crippen LogP contribution in [0.3, 0.4) is 0 Å². The Morgan fingerprint density at radius 2 is 2.33 bits per heavy atom. The molecular formula is C11H20N2O2. The normalized spacial score (nSPS) is 15.2. The number of hydrogen-bond acceptors (Lipinski definition) is 4. The molecule has 0 bridgehead atoms. The van der Waals surface area contributed by atoms with Crippen LogP contribution >= 0.6 is 0 Å². The van der Waals surface area contributed by atoms with Crippen molar-refractivity contribution in [3.05, 3.63) is 23.7 Å². The number of ether oxygens (including phenoxy) is 1. The molecule has 3 N–H and O–H groups in total. The van der Waals surface area contributed by atoms with Crippen molar-refractivity contribution in [1.82, 2.24) is 5.43 Å². The van der Waals surface area contributed by atoms with Gasteiger partial charge in [0.05, 0.1) is 12.3 Å². The Labute approximate surface area is 90.8 Å². The van der Waals surface area contributed by atoms with Crippen LogP contribution in [0.5, 0.6) is 0 Å². The average Bonchev–Trinajstić information content (AvgIpc) is 2.63. The number of hydrazine groups is 1. The van der Waals surface area contributed by atoms with Gasteiger partial charge in [-0.2, -0.15) is 0 Å². The van der Waals surface area contributed by atoms with Gasteiger partial charge < -0.3 is 9.15 Å². The molecule has 0 amide bonds. The highest BCUT2D eigenvalue weighted by molar-refractivity contribution is 5.20. The molecule has 2 unspecified atom stereocenters. The summed E-state index contributed by atoms with van der Waals surface area (Å²) in [5.41, 5.74) is 3.96. The van der Waals surface area contributed by atoms with Crippen molar-refractivity contribution >= 4 is 0 Å². The van der Waals surface area contributed by atoms with Crippen LogP contribution in [0.1, 0.15) is 30.7 Å². The van der Waals surface area contributed by atoms with Crippen LogP contribution < -0.4 is 11.3 Å². The molecule has 86 valence electrons. The minimum atomic E-state index is 0.124. The van der Waals surface area contributed by atoms with Gasteiger partial charge in [0.15, 0.2) is 0 Å². The molecule has 4 heteroatoms. The third-order valence-electron chi connectivity index (χ3n) is 2.76. The number of nitrogens with two attached hydrogens (primary N) is 1. The first kappa shape index (κ1) is 12.2. The highest BCUT2D eigenvalue weighted by Gasteiger charge is 2.20. The summed E-state index contributed by atoms with van der Waals surface area (Å²) < 4.78 is 10.3. The molecule has 0 fully saturated rings. The van der Waals surface area contributed by atoms with Gasteiger partial charge in [-0.25, -0.2) is 0 Å². The lowest BCUT2D eigenvalue weighted by molar-refractivity contribution is 0.170. The van der Waals surface area contributed by atoms with Crippen molar-refractivity contribution in [2.24, 2.45) is 11.8 Å². The zero-order valence-electron chi connectivity index (χ0n) is 9.62. The minimum Gasteiger partial charge on any atom is -0.469 e. The Morgan fingerprint density at radius 1 is 1.60 bits per heavy atom. The Kier molecular flexibility index (Phi) is 4.81. The average molecular weight is 212 g/mol. The molecule has 0 aromatic carbocycles. The zero-order valence-corrected chi connectivity index (χ0v) is 9.62. The summed E-state index contributed by atoms with van der Waals surface area (Å²) in [4.78, 5) is 0. The van der Waals surface area contributed by atoms with Crippen molar-refractivity contribution in [2.75, 3.05) is 13.7 Å². The van der Waals surface area contributed by atoms with Gasteiger partial charge in [-0.15, -0.1) is 0 Å². The molecular weight excluding hydrogens is 192 g/mol. The van der Waals surface area contributed by atoms with Gasteiger partial charge in [0, 0.05) is 19.3 Å². The Hall–Kier alpha value is -0.840. The number of nitrogens with one attached hydrogen (secondary N) is 1. The molecule has 1 heterocycles. The van der Waals surface area contributed by atoms with Crippen molar-refractivity contribution in [2.45, 2.75) is 26.3 Å². The fourth-order valence-corrected chi connectivity index (χ4v) is 1.75. The van der Waals surface area contributed by atoms with Crippen LogP contribution in [0.25, 0.3) is 0 Å². The van der Waals surface area contributed by atoms with Crippen molar-refractivity contribution in [1.29, 1.82) is 0 Å². The van der Waals surface area contributed by atoms with Gasteiger partial charge in [0.1, 0.15) is 5.76 Å². The first-order valence-electron chi connectivity index (χ1n) is 5.19. The van der Waals surface area contributed by atoms with E-state index in [1.165, 1.54) is 0 Å². The number of hydrogen-bond donors (Lipinski definition) is 2. The monoisotopic (exact) mass is 212 g/mol. The summed E-state index contributed by atoms with van der Waals surface area (Å²) >= 11 is 0. The minimum absolute atomic E-state index is 0.124. The van der Waals surface area contributed by atoms with E-state index in [1.54, 1.807) is 13.4 Å². The molecule has 2 atom stereocenters. The number of rotatable bonds is 6. The molecule has 0 saturated carbocycles. The van der Waals surface area contributed by atoms with E-state index in [1.807, 2.05) is 13.0 Å². The smallest absolute Gasteiger partial charge is 0.105 e. The van der Waals surface area contributed by atoms with Crippen molar-refractivity contribution < 1.29 is 9.15 Å². The van der Waals surface area contributed by atoms with E-state index in [-0.39, 0.29) is 6.04 Å². The lowest BCUT2D eigenvalue weighted by atomic mass is 9.93. The molecule has 1 aromatic rings. The molecule has 15 heavy (non-hydrogen) atoms. The second kappa shape index (κ2) is 5.90. The molecule has 1 rings (SSSR count). The first-order chi connectivity index (χ1) is 7.20. The van der Waals surface area contributed by atoms with Crippen LogP contribution in [-0.2, 0) is 4.74 Å². The summed E-state index contributed by atoms with van der Waals surface area (Å²) in [6.45, 7) is 4.84. The zero-order chi connectivity index (χ0) is 11.3. The largest absolute Gasteiger partial charge is 0.469 e. The number of aryl methyl sites for hydroxylation is 1. The van der Waals surface area contributed by atoms with Crippen LogP contribution in [0.15, 0.2) is 16.7 Å². The molecule has 4 nitrogen and oxygen atoms in total. The van der Waals surface area contributed by atoms with Crippen LogP contribution in [0, 0.1) is 12.8 Å². The summed E-state index contributed by atoms with van der Waals surface area (Å²) in [7, 11) is 1.71. The standard InChI is InChI=1S/C11H20N2O2/c1-8(4-6-14-3)11(13-12)10-5-7-15-9(10)2/h5,7-8,11,13H,4,6,12H2,1-3H3. The fourth-order valence-electron chi connectivity index (χ4n) is 1.75. The second-order valence-corrected chi connectivity index (χ2v) is 3.84. The summed E-state index contributed by atoms with van der Waals surface area (Å²) in [5, 5.41) is 0. The SMILES string of the molecule is COCCC(C)C(NN)c1ccoc1C. The second-order valence-electron chi connectivity index (χ2n) is 3.84. The Balaban J connectivity index is 2.67. The summed E-state index contributed by atoms with van der Waals surface area (Å²) in [5.74, 6) is 6.90. The summed E-state index contributed by atoms with van der Waals surface area (Å²) in [6, 6.07) is 2.09. The topological polar surface area (TPSA) is 60.4 Å². The molecule has 0 aliphatic rings. The van der Waals surface area contributed by atoms with Gasteiger partial charge >= 0.3 is 0 Å². The predicted molar refractivity (Wildman–Crippen MR) is 59.2 cm³/mol. The van der Waals surface area contributed by atoms with E-state index >= 15 is 0 Å². The Bertz CT molecular complexity index is 286. The maximum atomic E-state index is 5.57. The molecule has 0 radical (unpaired) electrons. The number of furan rings is 1. The van der Waals surface area contributed by atoms with E-state index < -0.39 is 0 Å². The van der Waals surface area contributed by atoms with Crippen molar-refractivity contribution in [3.8, 4) is 0 Å². The van der Waals surface area contributed by atoms with E-state index in [0.29, 0.717) is 5.92 Å². The van der Waals surface area contributed by atoms with Gasteiger partial charge in [-0.05, 0) is 25.3 Å². The van der Waals surface area contributed by atoms with E-state index in [2.05, 4.69) is 12.3 Å². The third-order valence-corrected chi connectivity index (χ3v) is 2.76. The first-order valence-corrected chi connectivity index (χ1v) is 5.19. The molecule has 0 aliphatic carbocycles. The predicted octanol–water partition coefficient (Wildman–Crippen LogP) is 1.77. The molecule has 0 spiro atoms. The quantitative estimate of drug-likeness (QED) is 0.557. The highest BCUT2D eigenvalue weighted by atomic mass is 16.5. The maximum absolute atomic E-state index is 5.57.